The van der Waals surface area contributed by atoms with Crippen LogP contribution in [0.4, 0.5) is 10.5 Å². The highest BCUT2D eigenvalue weighted by Crippen LogP contribution is 2.30. The van der Waals surface area contributed by atoms with E-state index in [0.29, 0.717) is 67.6 Å². The van der Waals surface area contributed by atoms with Crippen LogP contribution in [0.1, 0.15) is 64.8 Å². The highest BCUT2D eigenvalue weighted by atomic mass is 16.5. The number of hydrogen-bond donors (Lipinski definition) is 1. The van der Waals surface area contributed by atoms with Gasteiger partial charge in [-0.1, -0.05) is 0 Å². The molecule has 1 unspecified atom stereocenters. The van der Waals surface area contributed by atoms with Gasteiger partial charge in [-0.15, -0.1) is 0 Å². The van der Waals surface area contributed by atoms with E-state index in [1.807, 2.05) is 13.8 Å². The van der Waals surface area contributed by atoms with Crippen LogP contribution in [0.15, 0.2) is 27.8 Å². The van der Waals surface area contributed by atoms with Gasteiger partial charge in [0.1, 0.15) is 5.78 Å². The normalized spacial score (nSPS) is 20.9. The Labute approximate surface area is 216 Å². The largest absolute Gasteiger partial charge is 0.381 e. The van der Waals surface area contributed by atoms with Crippen LogP contribution in [0.3, 0.4) is 0 Å². The molecular formula is C28H38N4O5. The fourth-order valence-corrected chi connectivity index (χ4v) is 5.77. The lowest BCUT2D eigenvalue weighted by Crippen LogP contribution is -2.43. The Balaban J connectivity index is 1.31. The minimum absolute atomic E-state index is 0.0859. The Kier molecular flexibility index (Phi) is 7.51. The molecule has 1 aromatic carbocycles. The fourth-order valence-electron chi connectivity index (χ4n) is 5.77. The Morgan fingerprint density at radius 3 is 2.51 bits per heavy atom. The smallest absolute Gasteiger partial charge is 0.331 e. The van der Waals surface area contributed by atoms with Crippen molar-refractivity contribution < 1.29 is 14.3 Å². The van der Waals surface area contributed by atoms with Crippen molar-refractivity contribution in [3.8, 4) is 0 Å². The number of hydrogen-bond acceptors (Lipinski definition) is 5. The SMILES string of the molecule is CC(C)n1c(=O)n(CC2CC2)c(=O)c2cc(NC(=O)N3CCCC(CC(=O)C4CCOCC4)C3)ccc21. The standard InChI is InChI=1S/C28H38N4O5/c1-18(2)32-24-8-7-22(15-23(24)26(34)31(28(32)36)17-19-5-6-19)29-27(35)30-11-3-4-20(16-30)14-25(33)21-9-12-37-13-10-21/h7-8,15,18-21H,3-6,9-14,16-17H2,1-2H3,(H,29,35). The molecule has 0 spiro atoms. The summed E-state index contributed by atoms with van der Waals surface area (Å²) in [6.07, 6.45) is 6.00. The van der Waals surface area contributed by atoms with E-state index in [-0.39, 0.29) is 35.2 Å². The van der Waals surface area contributed by atoms with Crippen LogP contribution in [0, 0.1) is 17.8 Å². The van der Waals surface area contributed by atoms with Gasteiger partial charge < -0.3 is 15.0 Å². The predicted octanol–water partition coefficient (Wildman–Crippen LogP) is 3.78. The molecule has 9 nitrogen and oxygen atoms in total. The van der Waals surface area contributed by atoms with Crippen molar-refractivity contribution in [2.45, 2.75) is 71.4 Å². The summed E-state index contributed by atoms with van der Waals surface area (Å²) < 4.78 is 8.40. The molecule has 1 N–H and O–H groups in total. The summed E-state index contributed by atoms with van der Waals surface area (Å²) >= 11 is 0. The molecule has 1 atom stereocenters. The number of carbonyl (C=O) groups excluding carboxylic acids is 2. The second-order valence-electron chi connectivity index (χ2n) is 11.3. The minimum Gasteiger partial charge on any atom is -0.381 e. The monoisotopic (exact) mass is 510 g/mol. The number of ketones is 1. The molecule has 2 aromatic rings. The number of likely N-dealkylation sites (tertiary alicyclic amines) is 1. The van der Waals surface area contributed by atoms with Crippen molar-refractivity contribution in [2.75, 3.05) is 31.6 Å². The fraction of sp³-hybridized carbons (Fsp3) is 0.643. The van der Waals surface area contributed by atoms with Gasteiger partial charge in [-0.25, -0.2) is 9.59 Å². The maximum atomic E-state index is 13.3. The van der Waals surface area contributed by atoms with Crippen LogP contribution >= 0.6 is 0 Å². The van der Waals surface area contributed by atoms with E-state index >= 15 is 0 Å². The number of anilines is 1. The molecule has 0 bridgehead atoms. The third-order valence-electron chi connectivity index (χ3n) is 8.05. The zero-order valence-corrected chi connectivity index (χ0v) is 21.9. The molecule has 2 aliphatic heterocycles. The van der Waals surface area contributed by atoms with Crippen LogP contribution in [0.25, 0.3) is 10.9 Å². The molecule has 3 aliphatic rings. The number of nitrogens with one attached hydrogen (secondary N) is 1. The summed E-state index contributed by atoms with van der Waals surface area (Å²) in [6, 6.07) is 4.86. The molecule has 37 heavy (non-hydrogen) atoms. The molecule has 5 rings (SSSR count). The molecule has 2 amide bonds. The minimum atomic E-state index is -0.301. The predicted molar refractivity (Wildman–Crippen MR) is 142 cm³/mol. The summed E-state index contributed by atoms with van der Waals surface area (Å²) in [6.45, 7) is 6.81. The van der Waals surface area contributed by atoms with Gasteiger partial charge in [0.05, 0.1) is 10.9 Å². The second-order valence-corrected chi connectivity index (χ2v) is 11.3. The van der Waals surface area contributed by atoms with Gasteiger partial charge in [0.25, 0.3) is 5.56 Å². The van der Waals surface area contributed by atoms with Gasteiger partial charge in [-0.2, -0.15) is 0 Å². The lowest BCUT2D eigenvalue weighted by molar-refractivity contribution is -0.126. The van der Waals surface area contributed by atoms with Crippen molar-refractivity contribution in [3.05, 3.63) is 39.0 Å². The van der Waals surface area contributed by atoms with E-state index in [9.17, 15) is 19.2 Å². The van der Waals surface area contributed by atoms with Crippen molar-refractivity contribution >= 4 is 28.4 Å². The van der Waals surface area contributed by atoms with Gasteiger partial charge in [0.2, 0.25) is 0 Å². The Morgan fingerprint density at radius 1 is 1.05 bits per heavy atom. The molecule has 200 valence electrons. The van der Waals surface area contributed by atoms with E-state index < -0.39 is 0 Å². The topological polar surface area (TPSA) is 103 Å². The molecule has 1 saturated carbocycles. The number of ether oxygens (including phenoxy) is 1. The lowest BCUT2D eigenvalue weighted by Gasteiger charge is -2.33. The number of urea groups is 1. The summed E-state index contributed by atoms with van der Waals surface area (Å²) in [5, 5.41) is 3.39. The average Bonchev–Trinajstić information content (AvgIpc) is 3.72. The first-order valence-corrected chi connectivity index (χ1v) is 13.8. The van der Waals surface area contributed by atoms with E-state index in [1.165, 1.54) is 4.57 Å². The van der Waals surface area contributed by atoms with Crippen molar-refractivity contribution in [1.29, 1.82) is 0 Å². The first-order valence-electron chi connectivity index (χ1n) is 13.8. The van der Waals surface area contributed by atoms with Gasteiger partial charge in [0.15, 0.2) is 0 Å². The quantitative estimate of drug-likeness (QED) is 0.611. The van der Waals surface area contributed by atoms with Crippen LogP contribution < -0.4 is 16.6 Å². The first kappa shape index (κ1) is 25.7. The van der Waals surface area contributed by atoms with E-state index in [2.05, 4.69) is 5.32 Å². The van der Waals surface area contributed by atoms with E-state index in [4.69, 9.17) is 4.74 Å². The highest BCUT2D eigenvalue weighted by Gasteiger charge is 2.29. The Hall–Kier alpha value is -2.94. The van der Waals surface area contributed by atoms with Gasteiger partial charge in [-0.05, 0) is 82.4 Å². The van der Waals surface area contributed by atoms with Crippen LogP contribution in [-0.4, -0.2) is 52.2 Å². The zero-order valence-electron chi connectivity index (χ0n) is 21.9. The maximum absolute atomic E-state index is 13.3. The average molecular weight is 511 g/mol. The lowest BCUT2D eigenvalue weighted by atomic mass is 9.86. The van der Waals surface area contributed by atoms with E-state index in [1.54, 1.807) is 27.7 Å². The van der Waals surface area contributed by atoms with Gasteiger partial charge in [0, 0.05) is 56.9 Å². The Bertz CT molecular complexity index is 1290. The van der Waals surface area contributed by atoms with E-state index in [0.717, 1.165) is 38.5 Å². The van der Waals surface area contributed by atoms with Crippen LogP contribution in [0.2, 0.25) is 0 Å². The van der Waals surface area contributed by atoms with Gasteiger partial charge >= 0.3 is 11.7 Å². The van der Waals surface area contributed by atoms with Crippen molar-refractivity contribution in [3.63, 3.8) is 0 Å². The molecule has 1 aliphatic carbocycles. The number of carbonyl (C=O) groups is 2. The summed E-state index contributed by atoms with van der Waals surface area (Å²) in [4.78, 5) is 54.1. The maximum Gasteiger partial charge on any atom is 0.331 e. The molecule has 9 heteroatoms. The first-order chi connectivity index (χ1) is 17.8. The third kappa shape index (κ3) is 5.66. The molecular weight excluding hydrogens is 472 g/mol. The number of rotatable bonds is 7. The Morgan fingerprint density at radius 2 is 1.81 bits per heavy atom. The van der Waals surface area contributed by atoms with Crippen LogP contribution in [0.5, 0.6) is 0 Å². The molecule has 1 aromatic heterocycles. The number of benzene rings is 1. The molecule has 0 radical (unpaired) electrons. The number of piperidine rings is 1. The molecule has 2 saturated heterocycles. The highest BCUT2D eigenvalue weighted by molar-refractivity contribution is 5.92. The van der Waals surface area contributed by atoms with Gasteiger partial charge in [-0.3, -0.25) is 18.7 Å². The second kappa shape index (κ2) is 10.8. The number of Topliss-reactive ketones (excluding diaryl/α,β-unsaturated/α-hetero) is 1. The van der Waals surface area contributed by atoms with Crippen LogP contribution in [-0.2, 0) is 16.1 Å². The number of fused-ring (bicyclic) bond motifs is 1. The number of nitrogens with zero attached hydrogens (tertiary/aromatic N) is 3. The summed E-state index contributed by atoms with van der Waals surface area (Å²) in [5.74, 6) is 0.935. The molecule has 3 heterocycles. The van der Waals surface area contributed by atoms with Crippen molar-refractivity contribution in [2.24, 2.45) is 17.8 Å². The third-order valence-corrected chi connectivity index (χ3v) is 8.05. The van der Waals surface area contributed by atoms with Crippen molar-refractivity contribution in [1.82, 2.24) is 14.0 Å². The number of aromatic nitrogens is 2. The summed E-state index contributed by atoms with van der Waals surface area (Å²) in [5.41, 5.74) is 0.539. The number of amides is 2. The molecule has 3 fully saturated rings. The zero-order chi connectivity index (χ0) is 26.1. The summed E-state index contributed by atoms with van der Waals surface area (Å²) in [7, 11) is 0.